The van der Waals surface area contributed by atoms with Gasteiger partial charge in [0.15, 0.2) is 11.9 Å². The molecule has 39 heavy (non-hydrogen) atoms. The molecule has 8 N–H and O–H groups in total. The molecule has 0 unspecified atom stereocenters. The van der Waals surface area contributed by atoms with Gasteiger partial charge in [-0.3, -0.25) is 19.6 Å². The van der Waals surface area contributed by atoms with Crippen LogP contribution in [0.25, 0.3) is 10.8 Å². The molecular weight excluding hydrogens is 512 g/mol. The second-order valence-electron chi connectivity index (χ2n) is 10.2. The highest BCUT2D eigenvalue weighted by atomic mass is 32.2. The number of thioether (sulfide) groups is 1. The number of nitrogens with two attached hydrogens (primary N) is 4. The van der Waals surface area contributed by atoms with Gasteiger partial charge in [-0.05, 0) is 54.9 Å². The van der Waals surface area contributed by atoms with Gasteiger partial charge >= 0.3 is 0 Å². The van der Waals surface area contributed by atoms with Crippen molar-refractivity contribution in [1.29, 1.82) is 0 Å². The summed E-state index contributed by atoms with van der Waals surface area (Å²) in [5.41, 5.74) is 22.9. The molecule has 2 aromatic rings. The Bertz CT molecular complexity index is 1210. The van der Waals surface area contributed by atoms with Crippen molar-refractivity contribution in [1.82, 2.24) is 9.80 Å². The molecule has 2 aliphatic heterocycles. The Labute approximate surface area is 234 Å². The smallest absolute Gasteiger partial charge is 0.245 e. The number of benzene rings is 2. The zero-order valence-corrected chi connectivity index (χ0v) is 23.2. The average Bonchev–Trinajstić information content (AvgIpc) is 2.91. The zero-order chi connectivity index (χ0) is 27.8. The minimum atomic E-state index is -0.472. The number of amides is 2. The van der Waals surface area contributed by atoms with Crippen LogP contribution in [0, 0.1) is 5.92 Å². The summed E-state index contributed by atoms with van der Waals surface area (Å²) < 4.78 is 0. The lowest BCUT2D eigenvalue weighted by atomic mass is 9.97. The van der Waals surface area contributed by atoms with Gasteiger partial charge in [-0.2, -0.15) is 0 Å². The number of guanidine groups is 2. The summed E-state index contributed by atoms with van der Waals surface area (Å²) in [6.07, 6.45) is 4.29. The van der Waals surface area contributed by atoms with Crippen LogP contribution in [0.4, 0.5) is 0 Å². The Balaban J connectivity index is 1.44. The van der Waals surface area contributed by atoms with E-state index in [2.05, 4.69) is 40.3 Å². The zero-order valence-electron chi connectivity index (χ0n) is 22.4. The van der Waals surface area contributed by atoms with E-state index in [9.17, 15) is 9.59 Å². The van der Waals surface area contributed by atoms with Gasteiger partial charge in [0.1, 0.15) is 6.04 Å². The third-order valence-electron chi connectivity index (χ3n) is 7.38. The van der Waals surface area contributed by atoms with Crippen LogP contribution in [0.5, 0.6) is 0 Å². The van der Waals surface area contributed by atoms with E-state index in [1.54, 1.807) is 11.8 Å². The number of piperazine rings is 1. The van der Waals surface area contributed by atoms with E-state index >= 15 is 0 Å². The molecule has 0 aromatic heterocycles. The quantitative estimate of drug-likeness (QED) is 0.176. The lowest BCUT2D eigenvalue weighted by Gasteiger charge is -2.49. The molecule has 0 spiro atoms. The van der Waals surface area contributed by atoms with Crippen molar-refractivity contribution in [3.05, 3.63) is 48.0 Å². The highest BCUT2D eigenvalue weighted by Gasteiger charge is 2.47. The third kappa shape index (κ3) is 7.56. The molecule has 0 saturated carbocycles. The molecule has 3 atom stereocenters. The summed E-state index contributed by atoms with van der Waals surface area (Å²) in [6.45, 7) is 2.18. The van der Waals surface area contributed by atoms with E-state index in [-0.39, 0.29) is 35.0 Å². The number of fused-ring (bicyclic) bond motifs is 2. The first kappa shape index (κ1) is 28.5. The van der Waals surface area contributed by atoms with E-state index in [0.717, 1.165) is 31.4 Å². The third-order valence-corrected chi connectivity index (χ3v) is 8.74. The number of carbonyl (C=O) groups excluding carboxylic acids is 2. The second kappa shape index (κ2) is 13.5. The number of nitrogens with zero attached hydrogens (tertiary/aromatic N) is 4. The van der Waals surface area contributed by atoms with Crippen molar-refractivity contribution in [3.8, 4) is 0 Å². The molecule has 2 amide bonds. The van der Waals surface area contributed by atoms with Crippen molar-refractivity contribution in [3.63, 3.8) is 0 Å². The molecule has 2 fully saturated rings. The Morgan fingerprint density at radius 3 is 2.33 bits per heavy atom. The summed E-state index contributed by atoms with van der Waals surface area (Å²) in [5.74, 6) is 0.831. The predicted octanol–water partition coefficient (Wildman–Crippen LogP) is 1.61. The topological polar surface area (TPSA) is 169 Å². The lowest BCUT2D eigenvalue weighted by molar-refractivity contribution is -0.155. The molecule has 4 rings (SSSR count). The normalized spacial score (nSPS) is 21.1. The molecule has 10 nitrogen and oxygen atoms in total. The minimum Gasteiger partial charge on any atom is -0.370 e. The van der Waals surface area contributed by atoms with Crippen LogP contribution in [0.3, 0.4) is 0 Å². The highest BCUT2D eigenvalue weighted by Crippen LogP contribution is 2.36. The van der Waals surface area contributed by atoms with E-state index in [4.69, 9.17) is 22.9 Å². The van der Waals surface area contributed by atoms with Gasteiger partial charge < -0.3 is 32.7 Å². The van der Waals surface area contributed by atoms with Crippen molar-refractivity contribution in [2.24, 2.45) is 38.8 Å². The highest BCUT2D eigenvalue weighted by molar-refractivity contribution is 8.00. The fourth-order valence-corrected chi connectivity index (χ4v) is 6.83. The maximum atomic E-state index is 13.8. The Morgan fingerprint density at radius 2 is 1.59 bits per heavy atom. The molecule has 2 saturated heterocycles. The van der Waals surface area contributed by atoms with Crippen LogP contribution < -0.4 is 22.9 Å². The van der Waals surface area contributed by atoms with Crippen LogP contribution in [0.1, 0.15) is 37.7 Å². The first-order valence-corrected chi connectivity index (χ1v) is 14.7. The van der Waals surface area contributed by atoms with Crippen molar-refractivity contribution in [2.45, 2.75) is 49.9 Å². The standard InChI is InChI=1S/C28H40N8O2S/c29-27(30)33-13-4-3-9-23-26(38)35(15-12-19-10-11-20-6-1-2-7-21(20)16-19)17-24-36(23)25(37)22(18-39-24)8-5-14-34-28(31)32/h1-2,6-7,10-11,16,22-24H,3-5,8-9,12-15,17-18H2,(H4,29,30,33)(H4,31,32,34)/t22-,23-,24-/m0/s1. The number of unbranched alkanes of at least 4 members (excludes halogenated alkanes) is 1. The molecule has 0 bridgehead atoms. The summed E-state index contributed by atoms with van der Waals surface area (Å²) >= 11 is 1.78. The predicted molar refractivity (Wildman–Crippen MR) is 159 cm³/mol. The second-order valence-corrected chi connectivity index (χ2v) is 11.4. The number of rotatable bonds is 12. The van der Waals surface area contributed by atoms with Gasteiger partial charge in [-0.25, -0.2) is 0 Å². The maximum Gasteiger partial charge on any atom is 0.245 e. The van der Waals surface area contributed by atoms with E-state index < -0.39 is 6.04 Å². The van der Waals surface area contributed by atoms with Gasteiger partial charge in [0.25, 0.3) is 0 Å². The molecule has 2 heterocycles. The summed E-state index contributed by atoms with van der Waals surface area (Å²) in [7, 11) is 0. The van der Waals surface area contributed by atoms with Gasteiger partial charge in [0, 0.05) is 31.3 Å². The molecule has 0 aliphatic carbocycles. The van der Waals surface area contributed by atoms with Crippen LogP contribution in [-0.4, -0.2) is 76.9 Å². The molecule has 210 valence electrons. The van der Waals surface area contributed by atoms with Gasteiger partial charge in [0.2, 0.25) is 11.8 Å². The monoisotopic (exact) mass is 552 g/mol. The van der Waals surface area contributed by atoms with Crippen LogP contribution in [0.15, 0.2) is 52.4 Å². The molecule has 2 aromatic carbocycles. The number of aliphatic imine (C=N–C) groups is 2. The van der Waals surface area contributed by atoms with E-state index in [0.29, 0.717) is 39.0 Å². The Hall–Kier alpha value is -3.47. The van der Waals surface area contributed by atoms with Crippen molar-refractivity contribution in [2.75, 3.05) is 31.9 Å². The first-order chi connectivity index (χ1) is 18.8. The van der Waals surface area contributed by atoms with Gasteiger partial charge in [-0.1, -0.05) is 42.5 Å². The van der Waals surface area contributed by atoms with Gasteiger partial charge in [0.05, 0.1) is 11.9 Å². The van der Waals surface area contributed by atoms with Crippen LogP contribution in [-0.2, 0) is 16.0 Å². The molecule has 11 heteroatoms. The SMILES string of the molecule is NC(N)=NCCCC[C@H]1C(=O)N(CCc2ccc3ccccc3c2)C[C@@H]2SC[C@H](CCCN=C(N)N)C(=O)N21. The number of hydrogen-bond donors (Lipinski definition) is 4. The van der Waals surface area contributed by atoms with Crippen molar-refractivity contribution >= 4 is 46.3 Å². The molecule has 0 radical (unpaired) electrons. The Kier molecular flexibility index (Phi) is 9.91. The van der Waals surface area contributed by atoms with E-state index in [1.807, 2.05) is 21.9 Å². The average molecular weight is 553 g/mol. The van der Waals surface area contributed by atoms with Crippen molar-refractivity contribution < 1.29 is 9.59 Å². The fraction of sp³-hybridized carbons (Fsp3) is 0.500. The van der Waals surface area contributed by atoms with Crippen LogP contribution in [0.2, 0.25) is 0 Å². The lowest BCUT2D eigenvalue weighted by Crippen LogP contribution is -2.65. The molecule has 2 aliphatic rings. The largest absolute Gasteiger partial charge is 0.370 e. The summed E-state index contributed by atoms with van der Waals surface area (Å²) in [5, 5.41) is 2.37. The molecular formula is C28H40N8O2S. The summed E-state index contributed by atoms with van der Waals surface area (Å²) in [6, 6.07) is 14.3. The number of carbonyl (C=O) groups is 2. The van der Waals surface area contributed by atoms with Crippen LogP contribution >= 0.6 is 11.8 Å². The minimum absolute atomic E-state index is 0.0315. The summed E-state index contributed by atoms with van der Waals surface area (Å²) in [4.78, 5) is 39.3. The number of hydrogen-bond acceptors (Lipinski definition) is 5. The fourth-order valence-electron chi connectivity index (χ4n) is 5.37. The maximum absolute atomic E-state index is 13.8. The van der Waals surface area contributed by atoms with E-state index in [1.165, 1.54) is 16.3 Å². The van der Waals surface area contributed by atoms with Gasteiger partial charge in [-0.15, -0.1) is 11.8 Å². The first-order valence-electron chi connectivity index (χ1n) is 13.6. The Morgan fingerprint density at radius 1 is 0.872 bits per heavy atom.